The normalized spacial score (nSPS) is 38.2. The van der Waals surface area contributed by atoms with Crippen molar-refractivity contribution >= 4 is 28.0 Å². The first-order valence-corrected chi connectivity index (χ1v) is 8.55. The number of hydrogen-bond acceptors (Lipinski definition) is 4. The summed E-state index contributed by atoms with van der Waals surface area (Å²) in [5.74, 6) is -6.54. The molecule has 1 saturated heterocycles. The monoisotopic (exact) mass is 401 g/mol. The average Bonchev–Trinajstić information content (AvgIpc) is 2.71. The second-order valence-corrected chi connectivity index (χ2v) is 7.54. The first kappa shape index (κ1) is 17.5. The number of aromatic nitrogens is 1. The van der Waals surface area contributed by atoms with Crippen LogP contribution in [-0.2, 0) is 9.53 Å². The molecule has 2 aliphatic rings. The van der Waals surface area contributed by atoms with Crippen LogP contribution in [0, 0.1) is 17.8 Å². The van der Waals surface area contributed by atoms with Crippen molar-refractivity contribution in [1.82, 2.24) is 4.98 Å². The largest absolute Gasteiger partial charge is 0.460 e. The van der Waals surface area contributed by atoms with E-state index in [0.717, 1.165) is 4.47 Å². The molecule has 1 saturated carbocycles. The standard InChI is InChI=1S/C17H18BrF2NO3/c1-9-13(6-5-12-4-3-11(18)7-21-12)14-10(2)24-15(22)16(14,23)8-17(9,19)20/h3-7,9-10,13-14,23H,8H2,1-2H3/b6-5+/t9-,10+,13-,14-,16-/m0/s1. The highest BCUT2D eigenvalue weighted by Gasteiger charge is 2.67. The van der Waals surface area contributed by atoms with Gasteiger partial charge >= 0.3 is 5.97 Å². The fourth-order valence-corrected chi connectivity index (χ4v) is 4.02. The van der Waals surface area contributed by atoms with Gasteiger partial charge in [0.25, 0.3) is 5.92 Å². The van der Waals surface area contributed by atoms with Crippen LogP contribution in [-0.4, -0.2) is 33.7 Å². The lowest BCUT2D eigenvalue weighted by atomic mass is 9.62. The smallest absolute Gasteiger partial charge is 0.339 e. The Morgan fingerprint density at radius 3 is 2.75 bits per heavy atom. The molecule has 4 nitrogen and oxygen atoms in total. The number of nitrogens with zero attached hydrogens (tertiary/aromatic N) is 1. The number of aliphatic hydroxyl groups is 1. The van der Waals surface area contributed by atoms with Crippen molar-refractivity contribution in [3.63, 3.8) is 0 Å². The number of carbonyl (C=O) groups excluding carboxylic acids is 1. The molecule has 2 fully saturated rings. The number of fused-ring (bicyclic) bond motifs is 1. The molecule has 1 aromatic heterocycles. The van der Waals surface area contributed by atoms with Crippen LogP contribution in [0.4, 0.5) is 8.78 Å². The summed E-state index contributed by atoms with van der Waals surface area (Å²) in [6, 6.07) is 3.55. The van der Waals surface area contributed by atoms with Gasteiger partial charge in [0, 0.05) is 22.5 Å². The number of cyclic esters (lactones) is 1. The Morgan fingerprint density at radius 1 is 1.42 bits per heavy atom. The molecule has 0 radical (unpaired) electrons. The predicted octanol–water partition coefficient (Wildman–Crippen LogP) is 3.44. The van der Waals surface area contributed by atoms with Crippen molar-refractivity contribution in [1.29, 1.82) is 0 Å². The molecule has 0 bridgehead atoms. The lowest BCUT2D eigenvalue weighted by molar-refractivity contribution is -0.193. The highest BCUT2D eigenvalue weighted by molar-refractivity contribution is 9.10. The van der Waals surface area contributed by atoms with Gasteiger partial charge in [0.2, 0.25) is 0 Å². The second kappa shape index (κ2) is 5.88. The Morgan fingerprint density at radius 2 is 2.12 bits per heavy atom. The van der Waals surface area contributed by atoms with Crippen LogP contribution in [0.5, 0.6) is 0 Å². The molecular weight excluding hydrogens is 384 g/mol. The summed E-state index contributed by atoms with van der Waals surface area (Å²) in [5.41, 5.74) is -1.53. The zero-order valence-electron chi connectivity index (χ0n) is 13.2. The van der Waals surface area contributed by atoms with Gasteiger partial charge in [-0.3, -0.25) is 4.98 Å². The minimum atomic E-state index is -3.16. The van der Waals surface area contributed by atoms with Gasteiger partial charge in [-0.15, -0.1) is 0 Å². The van der Waals surface area contributed by atoms with Gasteiger partial charge in [-0.2, -0.15) is 0 Å². The fourth-order valence-electron chi connectivity index (χ4n) is 3.78. The van der Waals surface area contributed by atoms with Crippen molar-refractivity contribution in [3.05, 3.63) is 34.6 Å². The molecule has 1 N–H and O–H groups in total. The summed E-state index contributed by atoms with van der Waals surface area (Å²) in [6.45, 7) is 3.08. The van der Waals surface area contributed by atoms with Gasteiger partial charge in [0.1, 0.15) is 6.10 Å². The first-order valence-electron chi connectivity index (χ1n) is 7.76. The van der Waals surface area contributed by atoms with Crippen LogP contribution in [0.1, 0.15) is 26.0 Å². The van der Waals surface area contributed by atoms with E-state index in [0.29, 0.717) is 5.69 Å². The van der Waals surface area contributed by atoms with Crippen LogP contribution < -0.4 is 0 Å². The van der Waals surface area contributed by atoms with Gasteiger partial charge in [-0.05, 0) is 47.0 Å². The number of halogens is 3. The molecule has 0 amide bonds. The summed E-state index contributed by atoms with van der Waals surface area (Å²) in [4.78, 5) is 16.1. The third-order valence-corrected chi connectivity index (χ3v) is 5.58. The lowest BCUT2D eigenvalue weighted by Gasteiger charge is -2.45. The van der Waals surface area contributed by atoms with E-state index >= 15 is 0 Å². The Hall–Kier alpha value is -1.34. The Bertz CT molecular complexity index is 679. The summed E-state index contributed by atoms with van der Waals surface area (Å²) in [7, 11) is 0. The highest BCUT2D eigenvalue weighted by Crippen LogP contribution is 2.54. The SMILES string of the molecule is C[C@H]1OC(=O)[C@]2(O)CC(F)(F)[C@@H](C)[C@H](/C=C/c3ccc(Br)cn3)[C@H]12. The van der Waals surface area contributed by atoms with Gasteiger partial charge in [-0.25, -0.2) is 13.6 Å². The molecule has 1 aromatic rings. The molecule has 7 heteroatoms. The maximum Gasteiger partial charge on any atom is 0.339 e. The van der Waals surface area contributed by atoms with Crippen molar-refractivity contribution < 1.29 is 23.4 Å². The van der Waals surface area contributed by atoms with E-state index in [1.165, 1.54) is 6.92 Å². The molecule has 1 aliphatic carbocycles. The van der Waals surface area contributed by atoms with Crippen molar-refractivity contribution in [2.75, 3.05) is 0 Å². The zero-order valence-corrected chi connectivity index (χ0v) is 14.8. The van der Waals surface area contributed by atoms with Crippen LogP contribution in [0.25, 0.3) is 6.08 Å². The number of alkyl halides is 2. The maximum absolute atomic E-state index is 14.4. The number of ether oxygens (including phenoxy) is 1. The lowest BCUT2D eigenvalue weighted by Crippen LogP contribution is -2.57. The van der Waals surface area contributed by atoms with E-state index in [1.807, 2.05) is 0 Å². The third-order valence-electron chi connectivity index (χ3n) is 5.11. The third kappa shape index (κ3) is 2.77. The van der Waals surface area contributed by atoms with Crippen molar-refractivity contribution in [3.8, 4) is 0 Å². The highest BCUT2D eigenvalue weighted by atomic mass is 79.9. The Kier molecular flexibility index (Phi) is 4.28. The molecule has 0 aromatic carbocycles. The summed E-state index contributed by atoms with van der Waals surface area (Å²) in [6.07, 6.45) is 3.36. The second-order valence-electron chi connectivity index (χ2n) is 6.62. The number of allylic oxidation sites excluding steroid dienone is 1. The molecule has 130 valence electrons. The number of hydrogen-bond donors (Lipinski definition) is 1. The van der Waals surface area contributed by atoms with Gasteiger partial charge < -0.3 is 9.84 Å². The van der Waals surface area contributed by atoms with Crippen LogP contribution in [0.3, 0.4) is 0 Å². The zero-order chi connectivity index (χ0) is 17.7. The number of carbonyl (C=O) groups is 1. The van der Waals surface area contributed by atoms with Crippen LogP contribution in [0.2, 0.25) is 0 Å². The molecule has 0 spiro atoms. The minimum Gasteiger partial charge on any atom is -0.460 e. The van der Waals surface area contributed by atoms with Crippen molar-refractivity contribution in [2.45, 2.75) is 37.9 Å². The maximum atomic E-state index is 14.4. The van der Waals surface area contributed by atoms with E-state index in [1.54, 1.807) is 37.4 Å². The fraction of sp³-hybridized carbons (Fsp3) is 0.529. The molecule has 24 heavy (non-hydrogen) atoms. The van der Waals surface area contributed by atoms with Crippen molar-refractivity contribution in [2.24, 2.45) is 17.8 Å². The van der Waals surface area contributed by atoms with E-state index < -0.39 is 47.8 Å². The summed E-state index contributed by atoms with van der Waals surface area (Å²) >= 11 is 3.28. The van der Waals surface area contributed by atoms with Crippen LogP contribution >= 0.6 is 15.9 Å². The van der Waals surface area contributed by atoms with E-state index in [-0.39, 0.29) is 0 Å². The number of rotatable bonds is 2. The van der Waals surface area contributed by atoms with Gasteiger partial charge in [-0.1, -0.05) is 13.0 Å². The molecule has 5 atom stereocenters. The minimum absolute atomic E-state index is 0.612. The van der Waals surface area contributed by atoms with Crippen LogP contribution in [0.15, 0.2) is 28.9 Å². The van der Waals surface area contributed by atoms with Gasteiger partial charge in [0.15, 0.2) is 5.60 Å². The van der Waals surface area contributed by atoms with E-state index in [2.05, 4.69) is 20.9 Å². The molecule has 2 heterocycles. The summed E-state index contributed by atoms with van der Waals surface area (Å²) < 4.78 is 34.7. The quantitative estimate of drug-likeness (QED) is 0.771. The predicted molar refractivity (Wildman–Crippen MR) is 87.2 cm³/mol. The topological polar surface area (TPSA) is 59.4 Å². The number of esters is 1. The first-order chi connectivity index (χ1) is 11.1. The number of pyridine rings is 1. The molecule has 3 rings (SSSR count). The Balaban J connectivity index is 1.96. The van der Waals surface area contributed by atoms with E-state index in [9.17, 15) is 18.7 Å². The van der Waals surface area contributed by atoms with Gasteiger partial charge in [0.05, 0.1) is 12.1 Å². The Labute approximate surface area is 147 Å². The summed E-state index contributed by atoms with van der Waals surface area (Å²) in [5, 5.41) is 10.6. The average molecular weight is 402 g/mol. The molecule has 0 unspecified atom stereocenters. The molecular formula is C17H18BrF2NO3. The van der Waals surface area contributed by atoms with E-state index in [4.69, 9.17) is 4.74 Å². The molecule has 1 aliphatic heterocycles.